The highest BCUT2D eigenvalue weighted by atomic mass is 79.9. The number of hydrogen-bond acceptors (Lipinski definition) is 2. The third kappa shape index (κ3) is 4.47. The number of nitrogens with one attached hydrogen (secondary N) is 1. The summed E-state index contributed by atoms with van der Waals surface area (Å²) >= 11 is 14.2. The van der Waals surface area contributed by atoms with Crippen molar-refractivity contribution in [1.29, 1.82) is 0 Å². The van der Waals surface area contributed by atoms with Crippen LogP contribution in [0.5, 0.6) is 5.75 Å². The zero-order valence-corrected chi connectivity index (χ0v) is 17.6. The van der Waals surface area contributed by atoms with Gasteiger partial charge in [-0.1, -0.05) is 22.0 Å². The quantitative estimate of drug-likeness (QED) is 0.451. The van der Waals surface area contributed by atoms with Gasteiger partial charge in [-0.2, -0.15) is 0 Å². The number of hydrogen-bond donors (Lipinski definition) is 1. The Morgan fingerprint density at radius 1 is 1.00 bits per heavy atom. The molecule has 112 valence electrons. The van der Waals surface area contributed by atoms with Gasteiger partial charge in [-0.25, -0.2) is 0 Å². The summed E-state index contributed by atoms with van der Waals surface area (Å²) in [5, 5.41) is 3.44. The molecule has 0 unspecified atom stereocenters. The van der Waals surface area contributed by atoms with Crippen LogP contribution in [-0.4, -0.2) is 6.61 Å². The smallest absolute Gasteiger partial charge is 0.138 e. The Balaban J connectivity index is 2.27. The van der Waals surface area contributed by atoms with E-state index >= 15 is 0 Å². The molecule has 6 heteroatoms. The minimum atomic E-state index is 0.631. The number of ether oxygens (including phenoxy) is 1. The van der Waals surface area contributed by atoms with Gasteiger partial charge in [-0.05, 0) is 79.0 Å². The van der Waals surface area contributed by atoms with Crippen molar-refractivity contribution in [1.82, 2.24) is 0 Å². The minimum absolute atomic E-state index is 0.631. The van der Waals surface area contributed by atoms with Crippen LogP contribution in [0.3, 0.4) is 0 Å². The zero-order valence-electron chi connectivity index (χ0n) is 11.2. The maximum Gasteiger partial charge on any atom is 0.138 e. The van der Waals surface area contributed by atoms with Crippen LogP contribution in [0.15, 0.2) is 48.2 Å². The molecule has 2 rings (SSSR count). The molecule has 0 fully saturated rings. The highest BCUT2D eigenvalue weighted by Crippen LogP contribution is 2.35. The molecule has 0 heterocycles. The number of benzene rings is 2. The fourth-order valence-corrected chi connectivity index (χ4v) is 4.61. The average Bonchev–Trinajstić information content (AvgIpc) is 2.42. The molecule has 2 nitrogen and oxygen atoms in total. The van der Waals surface area contributed by atoms with E-state index in [1.165, 1.54) is 0 Å². The molecule has 0 spiro atoms. The van der Waals surface area contributed by atoms with Crippen molar-refractivity contribution in [3.05, 3.63) is 53.8 Å². The Morgan fingerprint density at radius 2 is 1.67 bits per heavy atom. The number of para-hydroxylation sites is 1. The fourth-order valence-electron chi connectivity index (χ4n) is 1.90. The van der Waals surface area contributed by atoms with Crippen molar-refractivity contribution in [2.24, 2.45) is 0 Å². The van der Waals surface area contributed by atoms with Crippen molar-refractivity contribution >= 4 is 69.4 Å². The molecule has 0 aromatic heterocycles. The van der Waals surface area contributed by atoms with E-state index in [2.05, 4.69) is 75.1 Å². The summed E-state index contributed by atoms with van der Waals surface area (Å²) in [4.78, 5) is 0. The monoisotopic (exact) mass is 539 g/mol. The molecular weight excluding hydrogens is 530 g/mol. The maximum absolute atomic E-state index is 5.74. The normalized spacial score (nSPS) is 10.5. The van der Waals surface area contributed by atoms with Crippen LogP contribution < -0.4 is 10.1 Å². The summed E-state index contributed by atoms with van der Waals surface area (Å²) in [5.41, 5.74) is 2.11. The second-order valence-electron chi connectivity index (χ2n) is 4.26. The Morgan fingerprint density at radius 3 is 2.29 bits per heavy atom. The molecule has 1 N–H and O–H groups in total. The van der Waals surface area contributed by atoms with E-state index in [1.54, 1.807) is 0 Å². The number of halogens is 4. The van der Waals surface area contributed by atoms with Gasteiger partial charge in [0.25, 0.3) is 0 Å². The van der Waals surface area contributed by atoms with Gasteiger partial charge in [0.2, 0.25) is 0 Å². The lowest BCUT2D eigenvalue weighted by molar-refractivity contribution is 0.334. The SMILES string of the molecule is CCOc1c(Br)cc(Br)cc1CNc1c(Br)cccc1Br. The standard InChI is InChI=1S/C15H13Br4NO/c1-2-21-15-9(6-10(16)7-13(15)19)8-20-14-11(17)4-3-5-12(14)18/h3-7,20H,2,8H2,1H3. The average molecular weight is 543 g/mol. The van der Waals surface area contributed by atoms with Crippen LogP contribution in [0.1, 0.15) is 12.5 Å². The Hall–Kier alpha value is -0.0400. The van der Waals surface area contributed by atoms with Crippen molar-refractivity contribution in [2.45, 2.75) is 13.5 Å². The number of rotatable bonds is 5. The topological polar surface area (TPSA) is 21.3 Å². The maximum atomic E-state index is 5.74. The summed E-state index contributed by atoms with van der Waals surface area (Å²) < 4.78 is 9.74. The molecular formula is C15H13Br4NO. The lowest BCUT2D eigenvalue weighted by Gasteiger charge is -2.15. The molecule has 0 saturated carbocycles. The second-order valence-corrected chi connectivity index (χ2v) is 7.74. The first-order chi connectivity index (χ1) is 10.0. The first-order valence-corrected chi connectivity index (χ1v) is 9.48. The van der Waals surface area contributed by atoms with Crippen LogP contribution in [0.4, 0.5) is 5.69 Å². The first-order valence-electron chi connectivity index (χ1n) is 6.31. The predicted molar refractivity (Wildman–Crippen MR) is 102 cm³/mol. The fraction of sp³-hybridized carbons (Fsp3) is 0.200. The summed E-state index contributed by atoms with van der Waals surface area (Å²) in [6.45, 7) is 3.27. The molecule has 0 bridgehead atoms. The molecule has 0 aliphatic rings. The van der Waals surface area contributed by atoms with E-state index < -0.39 is 0 Å². The van der Waals surface area contributed by atoms with Crippen molar-refractivity contribution in [2.75, 3.05) is 11.9 Å². The van der Waals surface area contributed by atoms with Gasteiger partial charge in [0, 0.05) is 25.5 Å². The molecule has 0 radical (unpaired) electrons. The molecule has 2 aromatic carbocycles. The third-order valence-electron chi connectivity index (χ3n) is 2.79. The van der Waals surface area contributed by atoms with Crippen LogP contribution in [-0.2, 0) is 6.54 Å². The van der Waals surface area contributed by atoms with Crippen LogP contribution in [0.25, 0.3) is 0 Å². The van der Waals surface area contributed by atoms with Gasteiger partial charge in [0.1, 0.15) is 5.75 Å². The molecule has 0 saturated heterocycles. The van der Waals surface area contributed by atoms with E-state index in [0.717, 1.165) is 34.9 Å². The van der Waals surface area contributed by atoms with E-state index in [0.29, 0.717) is 13.2 Å². The van der Waals surface area contributed by atoms with Gasteiger partial charge in [0.15, 0.2) is 0 Å². The molecule has 2 aromatic rings. The van der Waals surface area contributed by atoms with Gasteiger partial charge < -0.3 is 10.1 Å². The third-order valence-corrected chi connectivity index (χ3v) is 5.16. The Kier molecular flexibility index (Phi) is 6.59. The Bertz CT molecular complexity index is 626. The van der Waals surface area contributed by atoms with E-state index in [9.17, 15) is 0 Å². The van der Waals surface area contributed by atoms with Crippen molar-refractivity contribution in [3.63, 3.8) is 0 Å². The van der Waals surface area contributed by atoms with Crippen molar-refractivity contribution in [3.8, 4) is 5.75 Å². The lowest BCUT2D eigenvalue weighted by atomic mass is 10.2. The second kappa shape index (κ2) is 7.99. The highest BCUT2D eigenvalue weighted by Gasteiger charge is 2.11. The van der Waals surface area contributed by atoms with Crippen LogP contribution in [0.2, 0.25) is 0 Å². The molecule has 21 heavy (non-hydrogen) atoms. The van der Waals surface area contributed by atoms with Gasteiger partial charge in [0.05, 0.1) is 16.8 Å². The molecule has 0 amide bonds. The van der Waals surface area contributed by atoms with Crippen LogP contribution >= 0.6 is 63.7 Å². The largest absolute Gasteiger partial charge is 0.492 e. The van der Waals surface area contributed by atoms with E-state index in [-0.39, 0.29) is 0 Å². The summed E-state index contributed by atoms with van der Waals surface area (Å²) in [5.74, 6) is 0.872. The molecule has 0 atom stereocenters. The van der Waals surface area contributed by atoms with Crippen molar-refractivity contribution < 1.29 is 4.74 Å². The van der Waals surface area contributed by atoms with Gasteiger partial charge >= 0.3 is 0 Å². The first kappa shape index (κ1) is 17.3. The Labute approximate surface area is 158 Å². The predicted octanol–water partition coefficient (Wildman–Crippen LogP) is 6.75. The number of anilines is 1. The van der Waals surface area contributed by atoms with Gasteiger partial charge in [-0.15, -0.1) is 0 Å². The molecule has 0 aliphatic carbocycles. The van der Waals surface area contributed by atoms with Crippen LogP contribution in [0, 0.1) is 0 Å². The highest BCUT2D eigenvalue weighted by molar-refractivity contribution is 9.11. The van der Waals surface area contributed by atoms with E-state index in [1.807, 2.05) is 31.2 Å². The summed E-state index contributed by atoms with van der Waals surface area (Å²) in [7, 11) is 0. The summed E-state index contributed by atoms with van der Waals surface area (Å²) in [6.07, 6.45) is 0. The van der Waals surface area contributed by atoms with E-state index in [4.69, 9.17) is 4.74 Å². The molecule has 0 aliphatic heterocycles. The minimum Gasteiger partial charge on any atom is -0.492 e. The summed E-state index contributed by atoms with van der Waals surface area (Å²) in [6, 6.07) is 10.1. The zero-order chi connectivity index (χ0) is 15.4. The lowest BCUT2D eigenvalue weighted by Crippen LogP contribution is -2.05. The van der Waals surface area contributed by atoms with Gasteiger partial charge in [-0.3, -0.25) is 0 Å².